The Balaban J connectivity index is 0.00000562. The SMILES string of the molecule is CC(=O)NCCNc1ncc(N(C(N)=O)C(C(=O)NC2C(=O)N3C(C(=O)[O-])=C(CSc4nnnn4C)CS[C@@H]23)c2ccc(O)cc2)c(=O)[nH]1.[Na+]. The summed E-state index contributed by atoms with van der Waals surface area (Å²) in [6.07, 6.45) is 1.02. The van der Waals surface area contributed by atoms with Gasteiger partial charge >= 0.3 is 35.6 Å². The topological polar surface area (TPSA) is 287 Å². The molecule has 0 bridgehead atoms. The van der Waals surface area contributed by atoms with E-state index in [0.717, 1.165) is 11.1 Å². The summed E-state index contributed by atoms with van der Waals surface area (Å²) in [6.45, 7) is 1.79. The van der Waals surface area contributed by atoms with Gasteiger partial charge in [0.25, 0.3) is 11.5 Å². The molecule has 1 fully saturated rings. The minimum atomic E-state index is -1.64. The van der Waals surface area contributed by atoms with Crippen LogP contribution in [0.4, 0.5) is 16.4 Å². The van der Waals surface area contributed by atoms with E-state index in [1.165, 1.54) is 59.4 Å². The van der Waals surface area contributed by atoms with Crippen molar-refractivity contribution in [2.75, 3.05) is 34.8 Å². The van der Waals surface area contributed by atoms with E-state index in [9.17, 15) is 39.0 Å². The van der Waals surface area contributed by atoms with Crippen molar-refractivity contribution in [3.8, 4) is 5.75 Å². The van der Waals surface area contributed by atoms with E-state index in [1.54, 1.807) is 7.05 Å². The number of carbonyl (C=O) groups excluding carboxylic acids is 5. The second-order valence-electron chi connectivity index (χ2n) is 10.6. The zero-order valence-corrected chi connectivity index (χ0v) is 30.4. The molecule has 0 aliphatic carbocycles. The van der Waals surface area contributed by atoms with E-state index in [1.807, 2.05) is 0 Å². The maximum absolute atomic E-state index is 14.0. The van der Waals surface area contributed by atoms with Crippen molar-refractivity contribution in [1.29, 1.82) is 0 Å². The van der Waals surface area contributed by atoms with Gasteiger partial charge in [-0.25, -0.2) is 14.5 Å². The molecule has 7 N–H and O–H groups in total. The van der Waals surface area contributed by atoms with Crippen molar-refractivity contribution in [3.63, 3.8) is 0 Å². The van der Waals surface area contributed by atoms with Crippen LogP contribution in [0, 0.1) is 0 Å². The molecule has 3 aromatic rings. The molecule has 3 atom stereocenters. The van der Waals surface area contributed by atoms with Gasteiger partial charge in [-0.05, 0) is 33.7 Å². The van der Waals surface area contributed by atoms with Crippen molar-refractivity contribution in [3.05, 3.63) is 57.6 Å². The Morgan fingerprint density at radius 1 is 1.22 bits per heavy atom. The molecular formula is C27H29N12NaO8S2. The number of thioether (sulfide) groups is 2. The zero-order valence-electron chi connectivity index (χ0n) is 26.8. The molecule has 50 heavy (non-hydrogen) atoms. The quantitative estimate of drug-likeness (QED) is 0.0413. The van der Waals surface area contributed by atoms with Crippen molar-refractivity contribution in [2.24, 2.45) is 12.8 Å². The van der Waals surface area contributed by atoms with Gasteiger partial charge in [0.05, 0.1) is 17.9 Å². The van der Waals surface area contributed by atoms with Gasteiger partial charge in [0, 0.05) is 38.6 Å². The number of carbonyl (C=O) groups is 5. The van der Waals surface area contributed by atoms with E-state index in [4.69, 9.17) is 5.73 Å². The van der Waals surface area contributed by atoms with Crippen molar-refractivity contribution in [1.82, 2.24) is 45.7 Å². The number of hydrogen-bond acceptors (Lipinski definition) is 15. The summed E-state index contributed by atoms with van der Waals surface area (Å²) in [6, 6.07) is 1.08. The number of nitrogens with zero attached hydrogens (tertiary/aromatic N) is 7. The van der Waals surface area contributed by atoms with Gasteiger partial charge in [0.1, 0.15) is 28.9 Å². The predicted molar refractivity (Wildman–Crippen MR) is 172 cm³/mol. The standard InChI is InChI=1S/C27H30N12O8S2.Na/c1-12(40)29-7-8-30-26-31-9-16(20(42)33-26)38(25(28)47)18(13-3-5-15(41)6-4-13)21(43)32-17-22(44)39-19(24(45)46)14(10-48-23(17)39)11-49-27-34-35-36-37(27)2;/h3-6,9,17-18,23,41H,7-8,10-11H2,1-2H3,(H2,28,47)(H,29,40)(H,32,43)(H,45,46)(H2,30,31,33,42);/q;+1/p-1/t17?,18?,23-;/m0./s1. The minimum absolute atomic E-state index is 0. The molecule has 0 spiro atoms. The summed E-state index contributed by atoms with van der Waals surface area (Å²) < 4.78 is 1.41. The van der Waals surface area contributed by atoms with Crippen LogP contribution in [0.25, 0.3) is 0 Å². The van der Waals surface area contributed by atoms with Gasteiger partial charge < -0.3 is 36.7 Å². The van der Waals surface area contributed by atoms with Crippen LogP contribution in [0.2, 0.25) is 0 Å². The number of rotatable bonds is 13. The number of amides is 5. The molecular weight excluding hydrogens is 707 g/mol. The van der Waals surface area contributed by atoms with E-state index in [-0.39, 0.29) is 83.0 Å². The van der Waals surface area contributed by atoms with E-state index in [0.29, 0.717) is 15.6 Å². The summed E-state index contributed by atoms with van der Waals surface area (Å²) in [7, 11) is 1.62. The van der Waals surface area contributed by atoms with Gasteiger partial charge in [0.15, 0.2) is 0 Å². The fraction of sp³-hybridized carbons (Fsp3) is 0.333. The van der Waals surface area contributed by atoms with E-state index in [2.05, 4.69) is 41.4 Å². The molecule has 23 heteroatoms. The first kappa shape index (κ1) is 38.2. The Bertz CT molecular complexity index is 1890. The molecule has 1 saturated heterocycles. The molecule has 0 saturated carbocycles. The number of tetrazole rings is 1. The molecule has 4 heterocycles. The molecule has 2 aliphatic rings. The van der Waals surface area contributed by atoms with Crippen LogP contribution >= 0.6 is 23.5 Å². The first-order chi connectivity index (χ1) is 23.4. The Morgan fingerprint density at radius 3 is 2.54 bits per heavy atom. The molecule has 2 unspecified atom stereocenters. The third-order valence-electron chi connectivity index (χ3n) is 7.28. The summed E-state index contributed by atoms with van der Waals surface area (Å²) in [5, 5.41) is 40.7. The van der Waals surface area contributed by atoms with Crippen LogP contribution in [-0.2, 0) is 26.2 Å². The number of carboxylic acid groups (broad SMARTS) is 1. The number of fused-ring (bicyclic) bond motifs is 1. The first-order valence-corrected chi connectivity index (χ1v) is 16.4. The Labute approximate surface area is 313 Å². The largest absolute Gasteiger partial charge is 1.00 e. The van der Waals surface area contributed by atoms with Gasteiger partial charge in [-0.2, -0.15) is 0 Å². The summed E-state index contributed by atoms with van der Waals surface area (Å²) in [5.74, 6) is -3.31. The van der Waals surface area contributed by atoms with Crippen molar-refractivity contribution >= 4 is 64.9 Å². The fourth-order valence-electron chi connectivity index (χ4n) is 5.04. The van der Waals surface area contributed by atoms with E-state index >= 15 is 0 Å². The van der Waals surface area contributed by atoms with Crippen LogP contribution in [0.5, 0.6) is 5.75 Å². The fourth-order valence-corrected chi connectivity index (χ4v) is 7.37. The average molecular weight is 737 g/mol. The smallest absolute Gasteiger partial charge is 0.543 e. The summed E-state index contributed by atoms with van der Waals surface area (Å²) >= 11 is 2.38. The third-order valence-corrected chi connectivity index (χ3v) is 9.72. The number of β-lactam (4-membered cyclic amide) rings is 1. The number of anilines is 2. The third kappa shape index (κ3) is 8.21. The number of aryl methyl sites for hydroxylation is 1. The zero-order chi connectivity index (χ0) is 35.4. The van der Waals surface area contributed by atoms with Crippen molar-refractivity contribution < 1.29 is 63.7 Å². The Kier molecular flexibility index (Phi) is 12.5. The van der Waals surface area contributed by atoms with Crippen LogP contribution in [-0.4, -0.2) is 106 Å². The number of aromatic amines is 1. The molecule has 2 aromatic heterocycles. The van der Waals surface area contributed by atoms with Crippen LogP contribution in [0.1, 0.15) is 18.5 Å². The average Bonchev–Trinajstić information content (AvgIpc) is 3.47. The molecule has 5 rings (SSSR count). The molecule has 20 nitrogen and oxygen atoms in total. The number of aliphatic carboxylic acids is 1. The molecule has 258 valence electrons. The maximum Gasteiger partial charge on any atom is 1.00 e. The number of aromatic hydroxyl groups is 1. The molecule has 0 radical (unpaired) electrons. The second kappa shape index (κ2) is 16.4. The van der Waals surface area contributed by atoms with Gasteiger partial charge in [-0.1, -0.05) is 23.9 Å². The Morgan fingerprint density at radius 2 is 1.94 bits per heavy atom. The number of nitrogens with one attached hydrogen (secondary N) is 4. The van der Waals surface area contributed by atoms with Gasteiger partial charge in [0.2, 0.25) is 22.9 Å². The van der Waals surface area contributed by atoms with Crippen molar-refractivity contribution in [2.45, 2.75) is 29.5 Å². The second-order valence-corrected chi connectivity index (χ2v) is 12.6. The molecule has 5 amide bonds. The number of primary amides is 1. The van der Waals surface area contributed by atoms with Gasteiger partial charge in [-0.3, -0.25) is 34.0 Å². The number of nitrogens with two attached hydrogens (primary N) is 1. The van der Waals surface area contributed by atoms with Crippen LogP contribution in [0.15, 0.2) is 51.7 Å². The molecule has 1 aromatic carbocycles. The van der Waals surface area contributed by atoms with Gasteiger partial charge in [-0.15, -0.1) is 16.9 Å². The summed E-state index contributed by atoms with van der Waals surface area (Å²) in [5.41, 5.74) is 4.63. The first-order valence-electron chi connectivity index (χ1n) is 14.4. The normalized spacial score (nSPS) is 17.1. The minimum Gasteiger partial charge on any atom is -0.543 e. The monoisotopic (exact) mass is 736 g/mol. The number of phenolic OH excluding ortho intramolecular Hbond substituents is 1. The Hall–Kier alpha value is -4.64. The maximum atomic E-state index is 14.0. The van der Waals surface area contributed by atoms with E-state index < -0.39 is 52.5 Å². The van der Waals surface area contributed by atoms with Crippen LogP contribution in [0.3, 0.4) is 0 Å². The number of carboxylic acids is 1. The number of benzene rings is 1. The number of aromatic nitrogens is 6. The number of hydrogen-bond donors (Lipinski definition) is 6. The van der Waals surface area contributed by atoms with Crippen LogP contribution < -0.4 is 66.8 Å². The number of phenols is 1. The molecule has 2 aliphatic heterocycles. The summed E-state index contributed by atoms with van der Waals surface area (Å²) in [4.78, 5) is 85.0. The predicted octanol–water partition coefficient (Wildman–Crippen LogP) is -5.63. The number of urea groups is 1. The number of H-pyrrole nitrogens is 1.